The van der Waals surface area contributed by atoms with Crippen molar-refractivity contribution in [1.82, 2.24) is 14.9 Å². The van der Waals surface area contributed by atoms with E-state index in [0.29, 0.717) is 4.34 Å². The van der Waals surface area contributed by atoms with Crippen molar-refractivity contribution in [2.24, 2.45) is 0 Å². The van der Waals surface area contributed by atoms with Crippen molar-refractivity contribution in [3.63, 3.8) is 0 Å². The van der Waals surface area contributed by atoms with E-state index in [1.807, 2.05) is 0 Å². The van der Waals surface area contributed by atoms with E-state index in [4.69, 9.17) is 11.6 Å². The number of rotatable bonds is 4. The first kappa shape index (κ1) is 12.6. The summed E-state index contributed by atoms with van der Waals surface area (Å²) >= 11 is 6.74. The van der Waals surface area contributed by atoms with E-state index in [-0.39, 0.29) is 10.3 Å². The Balaban J connectivity index is 2.18. The second-order valence-electron chi connectivity index (χ2n) is 3.43. The lowest BCUT2D eigenvalue weighted by Crippen LogP contribution is -2.25. The van der Waals surface area contributed by atoms with E-state index >= 15 is 0 Å². The molecule has 0 aliphatic carbocycles. The van der Waals surface area contributed by atoms with E-state index in [2.05, 4.69) is 14.9 Å². The minimum Gasteiger partial charge on any atom is -0.285 e. The number of nitrogens with one attached hydrogen (secondary N) is 2. The largest absolute Gasteiger partial charge is 0.285 e. The molecule has 0 spiro atoms. The molecule has 0 aromatic carbocycles. The molecule has 0 fully saturated rings. The Hall–Kier alpha value is -0.890. The van der Waals surface area contributed by atoms with Gasteiger partial charge in [0, 0.05) is 17.8 Å². The third-order valence-electron chi connectivity index (χ3n) is 2.16. The molecule has 17 heavy (non-hydrogen) atoms. The number of nitrogens with zero attached hydrogens (tertiary/aromatic N) is 1. The number of thiophene rings is 1. The van der Waals surface area contributed by atoms with Crippen LogP contribution in [0.4, 0.5) is 0 Å². The van der Waals surface area contributed by atoms with Crippen LogP contribution in [0.3, 0.4) is 0 Å². The minimum atomic E-state index is -3.52. The molecule has 0 saturated heterocycles. The fraction of sp³-hybridized carbons (Fsp3) is 0.222. The summed E-state index contributed by atoms with van der Waals surface area (Å²) in [6, 6.07) is 2.69. The van der Waals surface area contributed by atoms with E-state index < -0.39 is 10.0 Å². The Morgan fingerprint density at radius 3 is 2.82 bits per heavy atom. The fourth-order valence-electron chi connectivity index (χ4n) is 1.30. The SMILES string of the molecule is CC(NS(=O)(=O)c1ccc(Cl)s1)c1cn[nH]c1. The van der Waals surface area contributed by atoms with Crippen LogP contribution in [0.25, 0.3) is 0 Å². The van der Waals surface area contributed by atoms with E-state index in [1.54, 1.807) is 25.4 Å². The monoisotopic (exact) mass is 291 g/mol. The molecule has 1 unspecified atom stereocenters. The zero-order chi connectivity index (χ0) is 12.5. The van der Waals surface area contributed by atoms with E-state index in [9.17, 15) is 8.42 Å². The summed E-state index contributed by atoms with van der Waals surface area (Å²) in [6.45, 7) is 1.75. The molecule has 0 bridgehead atoms. The fourth-order valence-corrected chi connectivity index (χ4v) is 4.03. The van der Waals surface area contributed by atoms with Crippen molar-refractivity contribution >= 4 is 33.0 Å². The van der Waals surface area contributed by atoms with Crippen molar-refractivity contribution in [2.75, 3.05) is 0 Å². The molecule has 2 rings (SSSR count). The predicted octanol–water partition coefficient (Wildman–Crippen LogP) is 2.16. The Labute approximate surface area is 108 Å². The lowest BCUT2D eigenvalue weighted by atomic mass is 10.2. The summed E-state index contributed by atoms with van der Waals surface area (Å²) in [5.74, 6) is 0. The molecular formula is C9H10ClN3O2S2. The number of aromatic amines is 1. The second kappa shape index (κ2) is 4.77. The summed E-state index contributed by atoms with van der Waals surface area (Å²) in [4.78, 5) is 0. The molecule has 0 aliphatic rings. The average molecular weight is 292 g/mol. The van der Waals surface area contributed by atoms with E-state index in [0.717, 1.165) is 16.9 Å². The number of sulfonamides is 1. The van der Waals surface area contributed by atoms with Gasteiger partial charge in [0.25, 0.3) is 10.0 Å². The van der Waals surface area contributed by atoms with Crippen molar-refractivity contribution in [3.05, 3.63) is 34.4 Å². The summed E-state index contributed by atoms with van der Waals surface area (Å²) in [7, 11) is -3.52. The second-order valence-corrected chi connectivity index (χ2v) is 7.09. The molecule has 1 atom stereocenters. The highest BCUT2D eigenvalue weighted by Gasteiger charge is 2.20. The Morgan fingerprint density at radius 2 is 2.29 bits per heavy atom. The van der Waals surface area contributed by atoms with Gasteiger partial charge in [-0.25, -0.2) is 13.1 Å². The van der Waals surface area contributed by atoms with Gasteiger partial charge in [-0.15, -0.1) is 11.3 Å². The van der Waals surface area contributed by atoms with Crippen LogP contribution in [0.1, 0.15) is 18.5 Å². The third-order valence-corrected chi connectivity index (χ3v) is 5.43. The Morgan fingerprint density at radius 1 is 1.53 bits per heavy atom. The summed E-state index contributed by atoms with van der Waals surface area (Å²) in [6.07, 6.45) is 3.23. The van der Waals surface area contributed by atoms with Crippen LogP contribution in [-0.2, 0) is 10.0 Å². The first-order valence-electron chi connectivity index (χ1n) is 4.75. The van der Waals surface area contributed by atoms with Crippen LogP contribution in [0.5, 0.6) is 0 Å². The van der Waals surface area contributed by atoms with Crippen molar-refractivity contribution < 1.29 is 8.42 Å². The molecule has 0 saturated carbocycles. The highest BCUT2D eigenvalue weighted by atomic mass is 35.5. The summed E-state index contributed by atoms with van der Waals surface area (Å²) in [5, 5.41) is 6.41. The minimum absolute atomic E-state index is 0.206. The van der Waals surface area contributed by atoms with E-state index in [1.165, 1.54) is 6.07 Å². The molecule has 2 aromatic rings. The average Bonchev–Trinajstić information content (AvgIpc) is 2.86. The molecule has 8 heteroatoms. The van der Waals surface area contributed by atoms with Gasteiger partial charge in [-0.1, -0.05) is 11.6 Å². The summed E-state index contributed by atoms with van der Waals surface area (Å²) < 4.78 is 27.1. The number of aromatic nitrogens is 2. The van der Waals surface area contributed by atoms with Gasteiger partial charge in [-0.3, -0.25) is 5.10 Å². The lowest BCUT2D eigenvalue weighted by Gasteiger charge is -2.10. The number of H-pyrrole nitrogens is 1. The molecule has 2 aromatic heterocycles. The maximum absolute atomic E-state index is 12.0. The Kier molecular flexibility index (Phi) is 3.53. The van der Waals surface area contributed by atoms with Crippen LogP contribution in [-0.4, -0.2) is 18.6 Å². The number of halogens is 1. The van der Waals surface area contributed by atoms with Gasteiger partial charge in [-0.2, -0.15) is 5.10 Å². The summed E-state index contributed by atoms with van der Waals surface area (Å²) in [5.41, 5.74) is 0.774. The highest BCUT2D eigenvalue weighted by Crippen LogP contribution is 2.26. The number of hydrogen-bond donors (Lipinski definition) is 2. The van der Waals surface area contributed by atoms with Gasteiger partial charge < -0.3 is 0 Å². The molecule has 5 nitrogen and oxygen atoms in total. The van der Waals surface area contributed by atoms with Crippen molar-refractivity contribution in [1.29, 1.82) is 0 Å². The quantitative estimate of drug-likeness (QED) is 0.906. The van der Waals surface area contributed by atoms with Crippen LogP contribution in [0.2, 0.25) is 4.34 Å². The topological polar surface area (TPSA) is 74.8 Å². The molecular weight excluding hydrogens is 282 g/mol. The van der Waals surface area contributed by atoms with Crippen LogP contribution in [0, 0.1) is 0 Å². The standard InChI is InChI=1S/C9H10ClN3O2S2/c1-6(7-4-11-12-5-7)13-17(14,15)9-3-2-8(10)16-9/h2-6,13H,1H3,(H,11,12). The first-order valence-corrected chi connectivity index (χ1v) is 7.43. The normalized spacial score (nSPS) is 13.8. The lowest BCUT2D eigenvalue weighted by molar-refractivity contribution is 0.569. The predicted molar refractivity (Wildman–Crippen MR) is 66.7 cm³/mol. The van der Waals surface area contributed by atoms with Gasteiger partial charge in [0.1, 0.15) is 4.21 Å². The maximum Gasteiger partial charge on any atom is 0.250 e. The van der Waals surface area contributed by atoms with Gasteiger partial charge in [0.2, 0.25) is 0 Å². The van der Waals surface area contributed by atoms with Crippen LogP contribution < -0.4 is 4.72 Å². The van der Waals surface area contributed by atoms with Gasteiger partial charge in [0.05, 0.1) is 10.5 Å². The zero-order valence-electron chi connectivity index (χ0n) is 8.84. The van der Waals surface area contributed by atoms with Gasteiger partial charge >= 0.3 is 0 Å². The molecule has 0 amide bonds. The Bertz CT molecular complexity index is 592. The zero-order valence-corrected chi connectivity index (χ0v) is 11.2. The van der Waals surface area contributed by atoms with Gasteiger partial charge in [0.15, 0.2) is 0 Å². The molecule has 92 valence electrons. The first-order chi connectivity index (χ1) is 7.99. The number of hydrogen-bond acceptors (Lipinski definition) is 4. The van der Waals surface area contributed by atoms with Gasteiger partial charge in [-0.05, 0) is 19.1 Å². The van der Waals surface area contributed by atoms with Crippen molar-refractivity contribution in [2.45, 2.75) is 17.2 Å². The molecule has 0 aliphatic heterocycles. The molecule has 0 radical (unpaired) electrons. The highest BCUT2D eigenvalue weighted by molar-refractivity contribution is 7.91. The third kappa shape index (κ3) is 2.86. The molecule has 2 N–H and O–H groups in total. The van der Waals surface area contributed by atoms with Crippen LogP contribution in [0.15, 0.2) is 28.7 Å². The van der Waals surface area contributed by atoms with Crippen LogP contribution >= 0.6 is 22.9 Å². The molecule has 2 heterocycles. The maximum atomic E-state index is 12.0. The smallest absolute Gasteiger partial charge is 0.250 e. The van der Waals surface area contributed by atoms with Crippen molar-refractivity contribution in [3.8, 4) is 0 Å².